The number of alkyl halides is 2. The van der Waals surface area contributed by atoms with Gasteiger partial charge in [-0.05, 0) is 36.8 Å². The summed E-state index contributed by atoms with van der Waals surface area (Å²) in [5, 5.41) is 7.17. The van der Waals surface area contributed by atoms with Gasteiger partial charge >= 0.3 is 5.76 Å². The molecule has 0 saturated carbocycles. The molecule has 1 atom stereocenters. The molecule has 0 aliphatic carbocycles. The average molecular weight is 562 g/mol. The highest BCUT2D eigenvalue weighted by atomic mass is 32.2. The number of anilines is 3. The highest BCUT2D eigenvalue weighted by Crippen LogP contribution is 2.37. The molecule has 4 aromatic rings. The van der Waals surface area contributed by atoms with Gasteiger partial charge in [0.05, 0.1) is 17.6 Å². The standard InChI is InChI=1S/C24H22F3N7O4S/c1-13(14-3-6-16(25)7-4-14)38-18-11-15(5-8-17(18)33-39(36,37)24(26)27)21-20(22(28)35)23(32-34(21)2)31-19-12-29-9-10-30-19/h3-13,24,33H,1-2H3,(H2,28,35)(H,30,31,32)/t13-/m0/s1. The lowest BCUT2D eigenvalue weighted by Crippen LogP contribution is -2.21. The quantitative estimate of drug-likeness (QED) is 0.263. The van der Waals surface area contributed by atoms with Crippen LogP contribution in [0.15, 0.2) is 61.1 Å². The molecule has 0 aliphatic rings. The number of aryl methyl sites for hydroxylation is 1. The third kappa shape index (κ3) is 6.09. The summed E-state index contributed by atoms with van der Waals surface area (Å²) in [5.41, 5.74) is 6.40. The fraction of sp³-hybridized carbons (Fsp3) is 0.167. The van der Waals surface area contributed by atoms with E-state index in [4.69, 9.17) is 10.5 Å². The summed E-state index contributed by atoms with van der Waals surface area (Å²) in [4.78, 5) is 20.5. The van der Waals surface area contributed by atoms with Gasteiger partial charge in [0.25, 0.3) is 15.9 Å². The van der Waals surface area contributed by atoms with Gasteiger partial charge < -0.3 is 15.8 Å². The van der Waals surface area contributed by atoms with E-state index in [1.807, 2.05) is 4.72 Å². The van der Waals surface area contributed by atoms with Gasteiger partial charge in [0.2, 0.25) is 0 Å². The number of halogens is 3. The predicted octanol–water partition coefficient (Wildman–Crippen LogP) is 3.96. The molecule has 204 valence electrons. The van der Waals surface area contributed by atoms with Crippen LogP contribution in [0, 0.1) is 5.82 Å². The van der Waals surface area contributed by atoms with Crippen LogP contribution in [0.1, 0.15) is 28.9 Å². The smallest absolute Gasteiger partial charge is 0.355 e. The fourth-order valence-electron chi connectivity index (χ4n) is 3.70. The molecule has 0 unspecified atom stereocenters. The van der Waals surface area contributed by atoms with Crippen molar-refractivity contribution >= 4 is 33.3 Å². The van der Waals surface area contributed by atoms with E-state index in [1.165, 1.54) is 65.7 Å². The summed E-state index contributed by atoms with van der Waals surface area (Å²) in [6.07, 6.45) is 3.54. The molecule has 39 heavy (non-hydrogen) atoms. The number of benzene rings is 2. The number of carbonyl (C=O) groups excluding carboxylic acids is 1. The summed E-state index contributed by atoms with van der Waals surface area (Å²) in [5.74, 6) is -4.79. The van der Waals surface area contributed by atoms with Crippen molar-refractivity contribution in [2.45, 2.75) is 18.8 Å². The van der Waals surface area contributed by atoms with Gasteiger partial charge in [-0.15, -0.1) is 0 Å². The summed E-state index contributed by atoms with van der Waals surface area (Å²) in [7, 11) is -3.50. The fourth-order valence-corrected chi connectivity index (χ4v) is 4.27. The summed E-state index contributed by atoms with van der Waals surface area (Å²) >= 11 is 0. The van der Waals surface area contributed by atoms with Gasteiger partial charge in [0, 0.05) is 25.0 Å². The molecule has 0 radical (unpaired) electrons. The predicted molar refractivity (Wildman–Crippen MR) is 136 cm³/mol. The second-order valence-electron chi connectivity index (χ2n) is 8.21. The lowest BCUT2D eigenvalue weighted by Gasteiger charge is -2.20. The van der Waals surface area contributed by atoms with Crippen LogP contribution >= 0.6 is 0 Å². The van der Waals surface area contributed by atoms with Gasteiger partial charge in [-0.3, -0.25) is 19.2 Å². The molecule has 2 aromatic heterocycles. The maximum atomic E-state index is 13.4. The second kappa shape index (κ2) is 11.0. The van der Waals surface area contributed by atoms with Crippen LogP contribution in [0.2, 0.25) is 0 Å². The van der Waals surface area contributed by atoms with Gasteiger partial charge in [-0.2, -0.15) is 13.9 Å². The minimum Gasteiger partial charge on any atom is -0.484 e. The van der Waals surface area contributed by atoms with Crippen molar-refractivity contribution in [3.63, 3.8) is 0 Å². The van der Waals surface area contributed by atoms with Crippen LogP contribution in [0.4, 0.5) is 30.5 Å². The first kappa shape index (κ1) is 27.4. The number of nitrogens with one attached hydrogen (secondary N) is 2. The number of ether oxygens (including phenoxy) is 1. The minimum absolute atomic E-state index is 0.0263. The first-order valence-electron chi connectivity index (χ1n) is 11.2. The lowest BCUT2D eigenvalue weighted by molar-refractivity contribution is 0.100. The number of hydrogen-bond donors (Lipinski definition) is 3. The molecule has 4 N–H and O–H groups in total. The first-order valence-corrected chi connectivity index (χ1v) is 12.8. The molecular formula is C24H22F3N7O4S. The van der Waals surface area contributed by atoms with Crippen LogP contribution in [0.3, 0.4) is 0 Å². The summed E-state index contributed by atoms with van der Waals surface area (Å²) in [6.45, 7) is 1.60. The summed E-state index contributed by atoms with van der Waals surface area (Å²) < 4.78 is 72.5. The van der Waals surface area contributed by atoms with E-state index >= 15 is 0 Å². The third-order valence-corrected chi connectivity index (χ3v) is 6.46. The number of primary amides is 1. The zero-order chi connectivity index (χ0) is 28.3. The van der Waals surface area contributed by atoms with E-state index in [9.17, 15) is 26.4 Å². The highest BCUT2D eigenvalue weighted by Gasteiger charge is 2.27. The number of nitrogens with two attached hydrogens (primary N) is 1. The number of rotatable bonds is 10. The Morgan fingerprint density at radius 1 is 1.13 bits per heavy atom. The Bertz CT molecular complexity index is 1600. The number of hydrogen-bond acceptors (Lipinski definition) is 8. The molecule has 0 saturated heterocycles. The molecule has 0 aliphatic heterocycles. The van der Waals surface area contributed by atoms with Crippen LogP contribution < -0.4 is 20.5 Å². The first-order chi connectivity index (χ1) is 18.5. The van der Waals surface area contributed by atoms with Gasteiger partial charge in [-0.1, -0.05) is 18.2 Å². The van der Waals surface area contributed by atoms with Crippen molar-refractivity contribution in [3.8, 4) is 17.0 Å². The lowest BCUT2D eigenvalue weighted by atomic mass is 10.1. The van der Waals surface area contributed by atoms with E-state index in [-0.39, 0.29) is 28.5 Å². The Morgan fingerprint density at radius 3 is 2.46 bits per heavy atom. The molecule has 0 spiro atoms. The second-order valence-corrected chi connectivity index (χ2v) is 9.86. The average Bonchev–Trinajstić information content (AvgIpc) is 3.21. The van der Waals surface area contributed by atoms with Crippen molar-refractivity contribution in [3.05, 3.63) is 78.0 Å². The SMILES string of the molecule is C[C@H](Oc1cc(-c2c(C(N)=O)c(Nc3cnccn3)nn2C)ccc1NS(=O)(=O)C(F)F)c1ccc(F)cc1. The molecule has 1 amide bonds. The normalized spacial score (nSPS) is 12.3. The minimum atomic E-state index is -5.04. The van der Waals surface area contributed by atoms with Crippen molar-refractivity contribution in [2.24, 2.45) is 12.8 Å². The van der Waals surface area contributed by atoms with Crippen molar-refractivity contribution < 1.29 is 31.1 Å². The zero-order valence-corrected chi connectivity index (χ0v) is 21.3. The Hall–Kier alpha value is -4.66. The Labute approximate surface area is 220 Å². The van der Waals surface area contributed by atoms with E-state index < -0.39 is 33.6 Å². The molecule has 15 heteroatoms. The topological polar surface area (TPSA) is 154 Å². The van der Waals surface area contributed by atoms with Crippen LogP contribution in [-0.4, -0.2) is 39.8 Å². The molecule has 2 aromatic carbocycles. The van der Waals surface area contributed by atoms with E-state index in [0.717, 1.165) is 0 Å². The van der Waals surface area contributed by atoms with Crippen molar-refractivity contribution in [1.29, 1.82) is 0 Å². The van der Waals surface area contributed by atoms with Crippen molar-refractivity contribution in [1.82, 2.24) is 19.7 Å². The van der Waals surface area contributed by atoms with E-state index in [1.54, 1.807) is 14.0 Å². The Morgan fingerprint density at radius 2 is 1.85 bits per heavy atom. The van der Waals surface area contributed by atoms with Crippen molar-refractivity contribution in [2.75, 3.05) is 10.0 Å². The Balaban J connectivity index is 1.80. The Kier molecular flexibility index (Phi) is 7.71. The van der Waals surface area contributed by atoms with E-state index in [2.05, 4.69) is 20.4 Å². The molecule has 4 rings (SSSR count). The number of aromatic nitrogens is 4. The maximum Gasteiger partial charge on any atom is 0.355 e. The number of nitrogens with zero attached hydrogens (tertiary/aromatic N) is 4. The number of carbonyl (C=O) groups is 1. The zero-order valence-electron chi connectivity index (χ0n) is 20.5. The molecule has 2 heterocycles. The van der Waals surface area contributed by atoms with Crippen LogP contribution in [-0.2, 0) is 17.1 Å². The molecule has 11 nitrogen and oxygen atoms in total. The maximum absolute atomic E-state index is 13.4. The monoisotopic (exact) mass is 561 g/mol. The third-order valence-electron chi connectivity index (χ3n) is 5.49. The van der Waals surface area contributed by atoms with E-state index in [0.29, 0.717) is 16.9 Å². The van der Waals surface area contributed by atoms with Gasteiger partial charge in [-0.25, -0.2) is 17.8 Å². The van der Waals surface area contributed by atoms with Crippen LogP contribution in [0.5, 0.6) is 5.75 Å². The number of sulfonamides is 1. The number of amides is 1. The van der Waals surface area contributed by atoms with Crippen LogP contribution in [0.25, 0.3) is 11.3 Å². The molecular weight excluding hydrogens is 539 g/mol. The molecule has 0 fully saturated rings. The largest absolute Gasteiger partial charge is 0.484 e. The van der Waals surface area contributed by atoms with Gasteiger partial charge in [0.1, 0.15) is 29.1 Å². The van der Waals surface area contributed by atoms with Gasteiger partial charge in [0.15, 0.2) is 5.82 Å². The highest BCUT2D eigenvalue weighted by molar-refractivity contribution is 7.93. The summed E-state index contributed by atoms with van der Waals surface area (Å²) in [6, 6.07) is 9.29. The molecule has 0 bridgehead atoms.